The number of carbonyl (C=O) groups excluding carboxylic acids is 1. The van der Waals surface area contributed by atoms with E-state index in [2.05, 4.69) is 12.2 Å². The van der Waals surface area contributed by atoms with E-state index in [0.717, 1.165) is 19.3 Å². The third-order valence-electron chi connectivity index (χ3n) is 3.72. The fraction of sp³-hybridized carbons (Fsp3) is 0.588. The zero-order valence-electron chi connectivity index (χ0n) is 13.6. The number of nitro benzene ring substituents is 1. The van der Waals surface area contributed by atoms with Crippen LogP contribution >= 0.6 is 11.6 Å². The summed E-state index contributed by atoms with van der Waals surface area (Å²) in [4.78, 5) is 22.4. The molecule has 0 aromatic heterocycles. The summed E-state index contributed by atoms with van der Waals surface area (Å²) in [6.07, 6.45) is 9.46. The van der Waals surface area contributed by atoms with Gasteiger partial charge in [-0.2, -0.15) is 0 Å². The monoisotopic (exact) mass is 340 g/mol. The molecule has 0 spiro atoms. The van der Waals surface area contributed by atoms with E-state index >= 15 is 0 Å². The van der Waals surface area contributed by atoms with Crippen molar-refractivity contribution in [3.8, 4) is 0 Å². The Morgan fingerprint density at radius 3 is 2.35 bits per heavy atom. The Morgan fingerprint density at radius 1 is 1.13 bits per heavy atom. The molecule has 0 saturated heterocycles. The average Bonchev–Trinajstić information content (AvgIpc) is 2.52. The molecule has 0 atom stereocenters. The minimum Gasteiger partial charge on any atom is -0.352 e. The summed E-state index contributed by atoms with van der Waals surface area (Å²) in [6.45, 7) is 2.73. The molecule has 5 nitrogen and oxygen atoms in total. The molecule has 1 aromatic rings. The SMILES string of the molecule is CCCCCCCCCCNC(=O)c1cc(Cl)ccc1[N+](=O)[O-]. The second-order valence-corrected chi connectivity index (χ2v) is 6.09. The molecule has 1 rings (SSSR count). The van der Waals surface area contributed by atoms with Crippen LogP contribution < -0.4 is 5.32 Å². The van der Waals surface area contributed by atoms with Gasteiger partial charge >= 0.3 is 0 Å². The highest BCUT2D eigenvalue weighted by Gasteiger charge is 2.19. The summed E-state index contributed by atoms with van der Waals surface area (Å²) in [5, 5.41) is 14.0. The first-order valence-electron chi connectivity index (χ1n) is 8.28. The van der Waals surface area contributed by atoms with Gasteiger partial charge in [-0.25, -0.2) is 0 Å². The van der Waals surface area contributed by atoms with E-state index in [9.17, 15) is 14.9 Å². The van der Waals surface area contributed by atoms with Crippen molar-refractivity contribution in [2.75, 3.05) is 6.54 Å². The van der Waals surface area contributed by atoms with Gasteiger partial charge in [0.25, 0.3) is 11.6 Å². The third kappa shape index (κ3) is 7.46. The highest BCUT2D eigenvalue weighted by atomic mass is 35.5. The standard InChI is InChI=1S/C17H25ClN2O3/c1-2-3-4-5-6-7-8-9-12-19-17(21)15-13-14(18)10-11-16(15)20(22)23/h10-11,13H,2-9,12H2,1H3,(H,19,21). The van der Waals surface area contributed by atoms with Crippen LogP contribution in [0, 0.1) is 10.1 Å². The van der Waals surface area contributed by atoms with E-state index < -0.39 is 10.8 Å². The molecule has 0 aliphatic rings. The van der Waals surface area contributed by atoms with Crippen LogP contribution in [0.1, 0.15) is 68.6 Å². The summed E-state index contributed by atoms with van der Waals surface area (Å²) in [7, 11) is 0. The molecule has 23 heavy (non-hydrogen) atoms. The van der Waals surface area contributed by atoms with Crippen molar-refractivity contribution in [1.82, 2.24) is 5.32 Å². The van der Waals surface area contributed by atoms with E-state index in [1.807, 2.05) is 0 Å². The van der Waals surface area contributed by atoms with Gasteiger partial charge in [-0.05, 0) is 18.6 Å². The fourth-order valence-corrected chi connectivity index (χ4v) is 2.58. The van der Waals surface area contributed by atoms with Crippen molar-refractivity contribution < 1.29 is 9.72 Å². The highest BCUT2D eigenvalue weighted by molar-refractivity contribution is 6.31. The van der Waals surface area contributed by atoms with Crippen molar-refractivity contribution >= 4 is 23.2 Å². The predicted molar refractivity (Wildman–Crippen MR) is 93.0 cm³/mol. The lowest BCUT2D eigenvalue weighted by molar-refractivity contribution is -0.385. The van der Waals surface area contributed by atoms with Gasteiger partial charge in [0.15, 0.2) is 0 Å². The van der Waals surface area contributed by atoms with Crippen molar-refractivity contribution in [2.24, 2.45) is 0 Å². The number of hydrogen-bond acceptors (Lipinski definition) is 3. The van der Waals surface area contributed by atoms with Gasteiger partial charge in [0, 0.05) is 17.6 Å². The zero-order chi connectivity index (χ0) is 17.1. The molecular weight excluding hydrogens is 316 g/mol. The Morgan fingerprint density at radius 2 is 1.74 bits per heavy atom. The van der Waals surface area contributed by atoms with Crippen LogP contribution in [0.4, 0.5) is 5.69 Å². The molecule has 0 aliphatic heterocycles. The number of rotatable bonds is 11. The van der Waals surface area contributed by atoms with Crippen LogP contribution in [-0.2, 0) is 0 Å². The Bertz CT molecular complexity index is 521. The minimum absolute atomic E-state index is 0.0158. The van der Waals surface area contributed by atoms with Gasteiger partial charge in [-0.15, -0.1) is 0 Å². The largest absolute Gasteiger partial charge is 0.352 e. The number of carbonyl (C=O) groups is 1. The molecule has 0 fully saturated rings. The van der Waals surface area contributed by atoms with Crippen LogP contribution in [0.2, 0.25) is 5.02 Å². The lowest BCUT2D eigenvalue weighted by Crippen LogP contribution is -2.25. The van der Waals surface area contributed by atoms with E-state index in [-0.39, 0.29) is 11.3 Å². The molecule has 1 aromatic carbocycles. The maximum Gasteiger partial charge on any atom is 0.282 e. The Kier molecular flexibility index (Phi) is 9.29. The maximum atomic E-state index is 12.1. The van der Waals surface area contributed by atoms with Crippen LogP contribution in [-0.4, -0.2) is 17.4 Å². The normalized spacial score (nSPS) is 10.5. The number of halogens is 1. The maximum absolute atomic E-state index is 12.1. The molecule has 0 aliphatic carbocycles. The molecule has 6 heteroatoms. The summed E-state index contributed by atoms with van der Waals surface area (Å²) in [5.74, 6) is -0.442. The first-order chi connectivity index (χ1) is 11.1. The first-order valence-corrected chi connectivity index (χ1v) is 8.66. The van der Waals surface area contributed by atoms with Crippen molar-refractivity contribution in [1.29, 1.82) is 0 Å². The second kappa shape index (κ2) is 11.0. The van der Waals surface area contributed by atoms with Gasteiger partial charge in [0.1, 0.15) is 5.56 Å². The Balaban J connectivity index is 2.29. The van der Waals surface area contributed by atoms with Gasteiger partial charge in [0.2, 0.25) is 0 Å². The molecule has 0 unspecified atom stereocenters. The number of benzene rings is 1. The van der Waals surface area contributed by atoms with E-state index in [0.29, 0.717) is 11.6 Å². The number of nitrogens with zero attached hydrogens (tertiary/aromatic N) is 1. The van der Waals surface area contributed by atoms with Crippen molar-refractivity contribution in [3.63, 3.8) is 0 Å². The fourth-order valence-electron chi connectivity index (χ4n) is 2.41. The smallest absolute Gasteiger partial charge is 0.282 e. The van der Waals surface area contributed by atoms with Gasteiger partial charge < -0.3 is 5.32 Å². The highest BCUT2D eigenvalue weighted by Crippen LogP contribution is 2.22. The number of hydrogen-bond donors (Lipinski definition) is 1. The quantitative estimate of drug-likeness (QED) is 0.345. The van der Waals surface area contributed by atoms with Crippen LogP contribution in [0.15, 0.2) is 18.2 Å². The summed E-state index contributed by atoms with van der Waals surface area (Å²) in [5.41, 5.74) is -0.204. The Labute approximate surface area is 142 Å². The number of nitrogens with one attached hydrogen (secondary N) is 1. The lowest BCUT2D eigenvalue weighted by atomic mass is 10.1. The average molecular weight is 341 g/mol. The Hall–Kier alpha value is -1.62. The zero-order valence-corrected chi connectivity index (χ0v) is 14.4. The van der Waals surface area contributed by atoms with Gasteiger partial charge in [0.05, 0.1) is 4.92 Å². The molecule has 0 bridgehead atoms. The van der Waals surface area contributed by atoms with E-state index in [4.69, 9.17) is 11.6 Å². The number of unbranched alkanes of at least 4 members (excludes halogenated alkanes) is 7. The van der Waals surface area contributed by atoms with E-state index in [1.54, 1.807) is 0 Å². The van der Waals surface area contributed by atoms with Crippen LogP contribution in [0.3, 0.4) is 0 Å². The molecule has 0 saturated carbocycles. The summed E-state index contributed by atoms with van der Waals surface area (Å²) >= 11 is 5.82. The molecular formula is C17H25ClN2O3. The topological polar surface area (TPSA) is 72.2 Å². The predicted octanol–water partition coefficient (Wildman–Crippen LogP) is 5.12. The molecule has 1 amide bonds. The third-order valence-corrected chi connectivity index (χ3v) is 3.95. The molecule has 128 valence electrons. The number of amides is 1. The summed E-state index contributed by atoms with van der Waals surface area (Å²) < 4.78 is 0. The lowest BCUT2D eigenvalue weighted by Gasteiger charge is -2.06. The summed E-state index contributed by atoms with van der Waals surface area (Å²) in [6, 6.07) is 4.01. The van der Waals surface area contributed by atoms with Crippen molar-refractivity contribution in [3.05, 3.63) is 38.9 Å². The minimum atomic E-state index is -0.568. The van der Waals surface area contributed by atoms with Crippen molar-refractivity contribution in [2.45, 2.75) is 58.3 Å². The first kappa shape index (κ1) is 19.4. The van der Waals surface area contributed by atoms with Crippen LogP contribution in [0.25, 0.3) is 0 Å². The molecule has 0 radical (unpaired) electrons. The second-order valence-electron chi connectivity index (χ2n) is 5.65. The van der Waals surface area contributed by atoms with E-state index in [1.165, 1.54) is 50.3 Å². The van der Waals surface area contributed by atoms with Gasteiger partial charge in [-0.3, -0.25) is 14.9 Å². The molecule has 0 heterocycles. The molecule has 1 N–H and O–H groups in total. The number of nitro groups is 1. The van der Waals surface area contributed by atoms with Gasteiger partial charge in [-0.1, -0.05) is 63.5 Å². The van der Waals surface area contributed by atoms with Crippen LogP contribution in [0.5, 0.6) is 0 Å².